The number of aromatic nitrogens is 3. The monoisotopic (exact) mass is 358 g/mol. The second-order valence-corrected chi connectivity index (χ2v) is 6.46. The minimum Gasteiger partial charge on any atom is -0.456 e. The predicted octanol–water partition coefficient (Wildman–Crippen LogP) is 2.55. The Balaban J connectivity index is 1.64. The van der Waals surface area contributed by atoms with E-state index in [0.717, 1.165) is 24.1 Å². The lowest BCUT2D eigenvalue weighted by molar-refractivity contribution is -0.148. The van der Waals surface area contributed by atoms with E-state index in [9.17, 15) is 9.59 Å². The number of hydrogen-bond donors (Lipinski definition) is 2. The first-order valence-corrected chi connectivity index (χ1v) is 8.82. The number of nitrogens with one attached hydrogen (secondary N) is 2. The summed E-state index contributed by atoms with van der Waals surface area (Å²) in [4.78, 5) is 23.7. The summed E-state index contributed by atoms with van der Waals surface area (Å²) < 4.78 is 5.04. The van der Waals surface area contributed by atoms with Gasteiger partial charge in [0.2, 0.25) is 0 Å². The van der Waals surface area contributed by atoms with Gasteiger partial charge >= 0.3 is 5.97 Å². The molecule has 1 heterocycles. The number of hydrogen-bond acceptors (Lipinski definition) is 5. The Bertz CT molecular complexity index is 728. The highest BCUT2D eigenvalue weighted by Gasteiger charge is 2.12. The maximum absolute atomic E-state index is 12.0. The largest absolute Gasteiger partial charge is 0.456 e. The normalized spacial score (nSPS) is 11.8. The summed E-state index contributed by atoms with van der Waals surface area (Å²) >= 11 is 0. The third-order valence-corrected chi connectivity index (χ3v) is 4.30. The van der Waals surface area contributed by atoms with E-state index < -0.39 is 0 Å². The summed E-state index contributed by atoms with van der Waals surface area (Å²) in [5.41, 5.74) is 4.30. The van der Waals surface area contributed by atoms with Crippen molar-refractivity contribution in [3.63, 3.8) is 0 Å². The Morgan fingerprint density at radius 1 is 1.23 bits per heavy atom. The van der Waals surface area contributed by atoms with E-state index in [2.05, 4.69) is 26.8 Å². The van der Waals surface area contributed by atoms with Gasteiger partial charge in [-0.05, 0) is 56.7 Å². The number of nitrogens with zero attached hydrogens (tertiary/aromatic N) is 2. The number of aromatic amines is 1. The molecule has 2 rings (SSSR count). The second-order valence-electron chi connectivity index (χ2n) is 6.46. The highest BCUT2D eigenvalue weighted by molar-refractivity contribution is 5.80. The molecule has 0 aliphatic carbocycles. The van der Waals surface area contributed by atoms with E-state index in [4.69, 9.17) is 4.74 Å². The number of amides is 1. The molecule has 7 heteroatoms. The van der Waals surface area contributed by atoms with Crippen molar-refractivity contribution in [2.24, 2.45) is 0 Å². The molecule has 0 saturated carbocycles. The molecule has 0 saturated heterocycles. The zero-order chi connectivity index (χ0) is 18.9. The average Bonchev–Trinajstić information content (AvgIpc) is 3.12. The summed E-state index contributed by atoms with van der Waals surface area (Å²) in [7, 11) is 0. The Hall–Kier alpha value is -2.70. The summed E-state index contributed by atoms with van der Waals surface area (Å²) in [5.74, 6) is -0.661. The van der Waals surface area contributed by atoms with Crippen LogP contribution in [0.2, 0.25) is 0 Å². The lowest BCUT2D eigenvalue weighted by atomic mass is 10.0. The molecule has 1 aromatic carbocycles. The van der Waals surface area contributed by atoms with E-state index in [1.54, 1.807) is 6.20 Å². The van der Waals surface area contributed by atoms with Gasteiger partial charge in [0.1, 0.15) is 0 Å². The molecule has 2 aromatic rings. The minimum atomic E-state index is -0.362. The smallest absolute Gasteiger partial charge is 0.306 e. The third kappa shape index (κ3) is 6.31. The standard InChI is InChI=1S/C19H26N4O3/c1-13-8-9-16(10-14(13)2)15(3)21-18(24)12-26-19(25)7-5-4-6-17-11-20-23-22-17/h8-11,15H,4-7,12H2,1-3H3,(H,21,24)(H,20,22,23)/t15-/m1/s1. The molecule has 0 aliphatic rings. The summed E-state index contributed by atoms with van der Waals surface area (Å²) in [6.45, 7) is 5.75. The summed E-state index contributed by atoms with van der Waals surface area (Å²) in [5, 5.41) is 13.1. The van der Waals surface area contributed by atoms with Gasteiger partial charge in [-0.25, -0.2) is 0 Å². The fourth-order valence-corrected chi connectivity index (χ4v) is 2.54. The number of unbranched alkanes of at least 4 members (excludes halogenated alkanes) is 1. The van der Waals surface area contributed by atoms with E-state index in [-0.39, 0.29) is 30.9 Å². The predicted molar refractivity (Wildman–Crippen MR) is 97.4 cm³/mol. The first-order chi connectivity index (χ1) is 12.5. The maximum atomic E-state index is 12.0. The number of carbonyl (C=O) groups is 2. The van der Waals surface area contributed by atoms with Crippen LogP contribution in [0, 0.1) is 13.8 Å². The van der Waals surface area contributed by atoms with Crippen molar-refractivity contribution in [3.8, 4) is 0 Å². The minimum absolute atomic E-state index is 0.136. The van der Waals surface area contributed by atoms with Crippen molar-refractivity contribution in [2.75, 3.05) is 6.61 Å². The van der Waals surface area contributed by atoms with E-state index >= 15 is 0 Å². The van der Waals surface area contributed by atoms with Gasteiger partial charge in [-0.1, -0.05) is 18.2 Å². The van der Waals surface area contributed by atoms with Gasteiger partial charge in [0.15, 0.2) is 6.61 Å². The van der Waals surface area contributed by atoms with Gasteiger partial charge in [-0.2, -0.15) is 15.4 Å². The number of benzene rings is 1. The third-order valence-electron chi connectivity index (χ3n) is 4.30. The number of esters is 1. The van der Waals surface area contributed by atoms with Crippen LogP contribution in [-0.2, 0) is 20.7 Å². The maximum Gasteiger partial charge on any atom is 0.306 e. The van der Waals surface area contributed by atoms with Crippen LogP contribution in [0.15, 0.2) is 24.4 Å². The Labute approximate surface area is 153 Å². The van der Waals surface area contributed by atoms with Crippen molar-refractivity contribution in [3.05, 3.63) is 46.8 Å². The van der Waals surface area contributed by atoms with Crippen LogP contribution in [0.3, 0.4) is 0 Å². The molecule has 0 bridgehead atoms. The molecule has 1 atom stereocenters. The SMILES string of the molecule is Cc1ccc([C@@H](C)NC(=O)COC(=O)CCCCc2cn[nH]n2)cc1C. The van der Waals surface area contributed by atoms with Crippen LogP contribution in [-0.4, -0.2) is 33.9 Å². The number of aryl methyl sites for hydroxylation is 3. The van der Waals surface area contributed by atoms with Gasteiger partial charge in [0.05, 0.1) is 17.9 Å². The topological polar surface area (TPSA) is 97.0 Å². The van der Waals surface area contributed by atoms with Gasteiger partial charge in [-0.3, -0.25) is 9.59 Å². The van der Waals surface area contributed by atoms with Gasteiger partial charge in [0.25, 0.3) is 5.91 Å². The second kappa shape index (κ2) is 9.70. The summed E-state index contributed by atoms with van der Waals surface area (Å²) in [6, 6.07) is 5.95. The lowest BCUT2D eigenvalue weighted by Gasteiger charge is -2.15. The fraction of sp³-hybridized carbons (Fsp3) is 0.474. The van der Waals surface area contributed by atoms with Crippen molar-refractivity contribution in [1.29, 1.82) is 0 Å². The zero-order valence-electron chi connectivity index (χ0n) is 15.5. The molecule has 0 aliphatic heterocycles. The molecule has 0 unspecified atom stereocenters. The van der Waals surface area contributed by atoms with Crippen LogP contribution in [0.1, 0.15) is 54.6 Å². The van der Waals surface area contributed by atoms with E-state index in [0.29, 0.717) is 6.42 Å². The van der Waals surface area contributed by atoms with Crippen LogP contribution >= 0.6 is 0 Å². The molecule has 2 N–H and O–H groups in total. The first kappa shape index (κ1) is 19.6. The molecule has 1 aromatic heterocycles. The molecule has 140 valence electrons. The Kier molecular flexibility index (Phi) is 7.32. The van der Waals surface area contributed by atoms with Crippen LogP contribution in [0.5, 0.6) is 0 Å². The first-order valence-electron chi connectivity index (χ1n) is 8.82. The molecule has 0 spiro atoms. The van der Waals surface area contributed by atoms with Gasteiger partial charge in [0, 0.05) is 6.42 Å². The van der Waals surface area contributed by atoms with Crippen molar-refractivity contribution in [2.45, 2.75) is 52.5 Å². The number of ether oxygens (including phenoxy) is 1. The molecule has 1 amide bonds. The fourth-order valence-electron chi connectivity index (χ4n) is 2.54. The highest BCUT2D eigenvalue weighted by atomic mass is 16.5. The molecule has 7 nitrogen and oxygen atoms in total. The van der Waals surface area contributed by atoms with Crippen LogP contribution in [0.25, 0.3) is 0 Å². The molecular weight excluding hydrogens is 332 g/mol. The molecule has 26 heavy (non-hydrogen) atoms. The quantitative estimate of drug-likeness (QED) is 0.530. The molecular formula is C19H26N4O3. The number of carbonyl (C=O) groups excluding carboxylic acids is 2. The number of rotatable bonds is 9. The summed E-state index contributed by atoms with van der Waals surface area (Å²) in [6.07, 6.45) is 4.22. The lowest BCUT2D eigenvalue weighted by Crippen LogP contribution is -2.31. The van der Waals surface area contributed by atoms with Crippen molar-refractivity contribution < 1.29 is 14.3 Å². The van der Waals surface area contributed by atoms with E-state index in [1.165, 1.54) is 11.1 Å². The Morgan fingerprint density at radius 3 is 2.73 bits per heavy atom. The van der Waals surface area contributed by atoms with Gasteiger partial charge in [-0.15, -0.1) is 0 Å². The van der Waals surface area contributed by atoms with E-state index in [1.807, 2.05) is 32.9 Å². The average molecular weight is 358 g/mol. The Morgan fingerprint density at radius 2 is 2.04 bits per heavy atom. The van der Waals surface area contributed by atoms with Crippen LogP contribution < -0.4 is 5.32 Å². The molecule has 0 fully saturated rings. The van der Waals surface area contributed by atoms with Crippen molar-refractivity contribution in [1.82, 2.24) is 20.7 Å². The number of H-pyrrole nitrogens is 1. The van der Waals surface area contributed by atoms with Crippen molar-refractivity contribution >= 4 is 11.9 Å². The van der Waals surface area contributed by atoms with Gasteiger partial charge < -0.3 is 10.1 Å². The molecule has 0 radical (unpaired) electrons. The van der Waals surface area contributed by atoms with Crippen LogP contribution in [0.4, 0.5) is 0 Å². The highest BCUT2D eigenvalue weighted by Crippen LogP contribution is 2.16. The zero-order valence-corrected chi connectivity index (χ0v) is 15.5.